The first-order valence-corrected chi connectivity index (χ1v) is 7.03. The van der Waals surface area contributed by atoms with E-state index < -0.39 is 5.60 Å². The highest BCUT2D eigenvalue weighted by atomic mass is 19.1. The summed E-state index contributed by atoms with van der Waals surface area (Å²) in [7, 11) is 0. The molecule has 0 spiro atoms. The number of amides is 1. The Morgan fingerprint density at radius 1 is 1.40 bits per heavy atom. The molecule has 2 aliphatic rings. The fourth-order valence-corrected chi connectivity index (χ4v) is 3.04. The molecule has 1 amide bonds. The Morgan fingerprint density at radius 2 is 2.15 bits per heavy atom. The topological polar surface area (TPSA) is 49.8 Å². The normalized spacial score (nSPS) is 20.4. The predicted molar refractivity (Wildman–Crippen MR) is 72.3 cm³/mol. The first kappa shape index (κ1) is 13.4. The lowest BCUT2D eigenvalue weighted by Crippen LogP contribution is -2.42. The first-order valence-electron chi connectivity index (χ1n) is 7.03. The summed E-state index contributed by atoms with van der Waals surface area (Å²) in [6.07, 6.45) is 3.42. The van der Waals surface area contributed by atoms with Crippen molar-refractivity contribution < 1.29 is 19.0 Å². The van der Waals surface area contributed by atoms with E-state index in [0.717, 1.165) is 12.8 Å². The number of anilines is 1. The van der Waals surface area contributed by atoms with E-state index in [2.05, 4.69) is 0 Å². The van der Waals surface area contributed by atoms with Crippen molar-refractivity contribution >= 4 is 11.6 Å². The zero-order valence-electron chi connectivity index (χ0n) is 11.3. The number of aliphatic hydroxyl groups is 1. The number of hydrogen-bond acceptors (Lipinski definition) is 3. The minimum atomic E-state index is -0.865. The zero-order chi connectivity index (χ0) is 14.2. The fraction of sp³-hybridized carbons (Fsp3) is 0.533. The van der Waals surface area contributed by atoms with Gasteiger partial charge in [-0.15, -0.1) is 0 Å². The summed E-state index contributed by atoms with van der Waals surface area (Å²) in [6, 6.07) is 4.16. The van der Waals surface area contributed by atoms with Gasteiger partial charge in [-0.25, -0.2) is 4.39 Å². The number of halogens is 1. The standard InChI is InChI=1S/C15H18FNO3/c16-11-3-4-12-13(9-11)20-8-7-17(12)14(18)10-15(19)5-1-2-6-15/h3-4,9,19H,1-2,5-8,10H2. The maximum absolute atomic E-state index is 13.2. The largest absolute Gasteiger partial charge is 0.489 e. The molecule has 0 atom stereocenters. The number of ether oxygens (including phenoxy) is 1. The van der Waals surface area contributed by atoms with E-state index in [1.807, 2.05) is 0 Å². The highest BCUT2D eigenvalue weighted by molar-refractivity contribution is 5.95. The number of fused-ring (bicyclic) bond motifs is 1. The minimum absolute atomic E-state index is 0.120. The van der Waals surface area contributed by atoms with Crippen molar-refractivity contribution in [3.05, 3.63) is 24.0 Å². The molecule has 4 nitrogen and oxygen atoms in total. The number of benzene rings is 1. The van der Waals surface area contributed by atoms with Gasteiger partial charge in [-0.1, -0.05) is 12.8 Å². The summed E-state index contributed by atoms with van der Waals surface area (Å²) in [6.45, 7) is 0.786. The number of carbonyl (C=O) groups excluding carboxylic acids is 1. The van der Waals surface area contributed by atoms with Crippen molar-refractivity contribution in [2.24, 2.45) is 0 Å². The molecule has 1 aromatic carbocycles. The Labute approximate surface area is 117 Å². The molecule has 20 heavy (non-hydrogen) atoms. The highest BCUT2D eigenvalue weighted by Crippen LogP contribution is 2.36. The number of nitrogens with zero attached hydrogens (tertiary/aromatic N) is 1. The van der Waals surface area contributed by atoms with Gasteiger partial charge in [-0.3, -0.25) is 4.79 Å². The van der Waals surface area contributed by atoms with Gasteiger partial charge in [-0.2, -0.15) is 0 Å². The van der Waals surface area contributed by atoms with Gasteiger partial charge in [-0.05, 0) is 25.0 Å². The number of carbonyl (C=O) groups is 1. The molecule has 1 aromatic rings. The van der Waals surface area contributed by atoms with Crippen molar-refractivity contribution in [2.45, 2.75) is 37.7 Å². The van der Waals surface area contributed by atoms with Gasteiger partial charge in [0.25, 0.3) is 0 Å². The van der Waals surface area contributed by atoms with Gasteiger partial charge in [0.2, 0.25) is 5.91 Å². The molecule has 1 heterocycles. The van der Waals surface area contributed by atoms with Crippen LogP contribution in [0.1, 0.15) is 32.1 Å². The second kappa shape index (κ2) is 5.05. The average molecular weight is 279 g/mol. The van der Waals surface area contributed by atoms with Gasteiger partial charge in [0.1, 0.15) is 18.2 Å². The van der Waals surface area contributed by atoms with Crippen LogP contribution in [0.4, 0.5) is 10.1 Å². The van der Waals surface area contributed by atoms with Gasteiger partial charge in [0.15, 0.2) is 0 Å². The van der Waals surface area contributed by atoms with Crippen LogP contribution in [0, 0.1) is 5.82 Å². The van der Waals surface area contributed by atoms with Crippen LogP contribution < -0.4 is 9.64 Å². The molecule has 0 unspecified atom stereocenters. The third-order valence-corrected chi connectivity index (χ3v) is 4.10. The maximum atomic E-state index is 13.2. The highest BCUT2D eigenvalue weighted by Gasteiger charge is 2.36. The van der Waals surface area contributed by atoms with E-state index in [0.29, 0.717) is 37.4 Å². The van der Waals surface area contributed by atoms with E-state index in [9.17, 15) is 14.3 Å². The summed E-state index contributed by atoms with van der Waals surface area (Å²) < 4.78 is 18.6. The second-order valence-electron chi connectivity index (χ2n) is 5.61. The van der Waals surface area contributed by atoms with Crippen LogP contribution in [0.5, 0.6) is 5.75 Å². The van der Waals surface area contributed by atoms with E-state index in [-0.39, 0.29) is 18.1 Å². The lowest BCUT2D eigenvalue weighted by molar-refractivity contribution is -0.123. The van der Waals surface area contributed by atoms with Crippen LogP contribution in [-0.4, -0.2) is 29.8 Å². The van der Waals surface area contributed by atoms with Crippen molar-refractivity contribution in [1.82, 2.24) is 0 Å². The SMILES string of the molecule is O=C(CC1(O)CCCC1)N1CCOc2cc(F)ccc21. The monoisotopic (exact) mass is 279 g/mol. The van der Waals surface area contributed by atoms with Crippen molar-refractivity contribution in [3.8, 4) is 5.75 Å². The third-order valence-electron chi connectivity index (χ3n) is 4.10. The Hall–Kier alpha value is -1.62. The van der Waals surface area contributed by atoms with Crippen molar-refractivity contribution in [1.29, 1.82) is 0 Å². The zero-order valence-corrected chi connectivity index (χ0v) is 11.3. The lowest BCUT2D eigenvalue weighted by atomic mass is 9.97. The molecule has 0 radical (unpaired) electrons. The molecule has 5 heteroatoms. The summed E-state index contributed by atoms with van der Waals surface area (Å²) in [5.74, 6) is -0.110. The van der Waals surface area contributed by atoms with Crippen molar-refractivity contribution in [2.75, 3.05) is 18.1 Å². The third kappa shape index (κ3) is 2.50. The molecule has 1 saturated carbocycles. The van der Waals surface area contributed by atoms with Crippen molar-refractivity contribution in [3.63, 3.8) is 0 Å². The summed E-state index contributed by atoms with van der Waals surface area (Å²) >= 11 is 0. The van der Waals surface area contributed by atoms with E-state index in [1.165, 1.54) is 12.1 Å². The summed E-state index contributed by atoms with van der Waals surface area (Å²) in [5, 5.41) is 10.3. The molecule has 1 aliphatic carbocycles. The molecular formula is C15H18FNO3. The van der Waals surface area contributed by atoms with Gasteiger partial charge >= 0.3 is 0 Å². The Balaban J connectivity index is 1.80. The quantitative estimate of drug-likeness (QED) is 0.903. The van der Waals surface area contributed by atoms with Gasteiger partial charge in [0, 0.05) is 6.07 Å². The molecule has 1 N–H and O–H groups in total. The number of hydrogen-bond donors (Lipinski definition) is 1. The second-order valence-corrected chi connectivity index (χ2v) is 5.61. The van der Waals surface area contributed by atoms with Crippen LogP contribution in [0.15, 0.2) is 18.2 Å². The summed E-state index contributed by atoms with van der Waals surface area (Å²) in [4.78, 5) is 14.0. The average Bonchev–Trinajstić information content (AvgIpc) is 2.84. The van der Waals surface area contributed by atoms with Crippen LogP contribution in [-0.2, 0) is 4.79 Å². The predicted octanol–water partition coefficient (Wildman–Crippen LogP) is 2.25. The molecule has 1 fully saturated rings. The first-order chi connectivity index (χ1) is 9.57. The van der Waals surface area contributed by atoms with E-state index in [1.54, 1.807) is 11.0 Å². The smallest absolute Gasteiger partial charge is 0.230 e. The molecule has 108 valence electrons. The minimum Gasteiger partial charge on any atom is -0.489 e. The van der Waals surface area contributed by atoms with Crippen LogP contribution in [0.3, 0.4) is 0 Å². The van der Waals surface area contributed by atoms with E-state index in [4.69, 9.17) is 4.74 Å². The maximum Gasteiger partial charge on any atom is 0.230 e. The van der Waals surface area contributed by atoms with Crippen LogP contribution in [0.2, 0.25) is 0 Å². The van der Waals surface area contributed by atoms with Crippen LogP contribution >= 0.6 is 0 Å². The fourth-order valence-electron chi connectivity index (χ4n) is 3.04. The molecular weight excluding hydrogens is 261 g/mol. The Kier molecular flexibility index (Phi) is 3.38. The molecule has 1 aliphatic heterocycles. The molecule has 0 bridgehead atoms. The molecule has 0 aromatic heterocycles. The van der Waals surface area contributed by atoms with Crippen LogP contribution in [0.25, 0.3) is 0 Å². The van der Waals surface area contributed by atoms with E-state index >= 15 is 0 Å². The van der Waals surface area contributed by atoms with Gasteiger partial charge in [0.05, 0.1) is 24.3 Å². The van der Waals surface area contributed by atoms with Gasteiger partial charge < -0.3 is 14.7 Å². The lowest BCUT2D eigenvalue weighted by Gasteiger charge is -2.32. The Bertz CT molecular complexity index is 526. The molecule has 3 rings (SSSR count). The molecule has 0 saturated heterocycles. The Morgan fingerprint density at radius 3 is 2.90 bits per heavy atom. The number of rotatable bonds is 2. The summed E-state index contributed by atoms with van der Waals surface area (Å²) in [5.41, 5.74) is -0.278.